The molecule has 5 heteroatoms. The van der Waals surface area contributed by atoms with Crippen LogP contribution in [-0.2, 0) is 0 Å². The van der Waals surface area contributed by atoms with Crippen molar-refractivity contribution in [3.63, 3.8) is 0 Å². The average Bonchev–Trinajstić information content (AvgIpc) is 2.52. The summed E-state index contributed by atoms with van der Waals surface area (Å²) in [5.74, 6) is 1.62. The van der Waals surface area contributed by atoms with Gasteiger partial charge in [0.05, 0.1) is 17.0 Å². The third-order valence-corrected chi connectivity index (χ3v) is 5.05. The molecule has 3 nitrogen and oxygen atoms in total. The smallest absolute Gasteiger partial charge is 0.130 e. The minimum absolute atomic E-state index is 0.732. The molecule has 2 aromatic carbocycles. The van der Waals surface area contributed by atoms with Crippen molar-refractivity contribution < 1.29 is 4.74 Å². The fourth-order valence-electron chi connectivity index (χ4n) is 1.93. The monoisotopic (exact) mass is 442 g/mol. The number of aliphatic imine (C=N–C) groups is 1. The molecule has 0 aliphatic rings. The second-order valence-corrected chi connectivity index (χ2v) is 6.97. The predicted octanol–water partition coefficient (Wildman–Crippen LogP) is 5.97. The Morgan fingerprint density at radius 3 is 2.61 bits per heavy atom. The molecular weight excluding hydrogens is 423 g/mol. The molecule has 0 spiro atoms. The zero-order valence-corrected chi connectivity index (χ0v) is 16.6. The highest BCUT2D eigenvalue weighted by Crippen LogP contribution is 2.33. The van der Waals surface area contributed by atoms with Crippen molar-refractivity contribution in [2.45, 2.75) is 20.8 Å². The molecule has 23 heavy (non-hydrogen) atoms. The molecule has 2 rings (SSSR count). The van der Waals surface area contributed by atoms with E-state index in [1.54, 1.807) is 0 Å². The van der Waals surface area contributed by atoms with E-state index >= 15 is 0 Å². The number of ether oxygens (including phenoxy) is 1. The molecule has 0 aliphatic heterocycles. The quantitative estimate of drug-likeness (QED) is 0.324. The van der Waals surface area contributed by atoms with Crippen LogP contribution >= 0.6 is 34.2 Å². The number of hydrogen-bond acceptors (Lipinski definition) is 2. The highest BCUT2D eigenvalue weighted by Gasteiger charge is 2.07. The molecule has 0 saturated carbocycles. The fourth-order valence-corrected chi connectivity index (χ4v) is 2.54. The lowest BCUT2D eigenvalue weighted by molar-refractivity contribution is 0.478. The summed E-state index contributed by atoms with van der Waals surface area (Å²) >= 11 is 8.25. The first-order chi connectivity index (χ1) is 10.9. The van der Waals surface area contributed by atoms with Crippen LogP contribution in [0.2, 0.25) is 5.02 Å². The highest BCUT2D eigenvalue weighted by atomic mass is 127. The van der Waals surface area contributed by atoms with Gasteiger partial charge in [0.1, 0.15) is 11.5 Å². The maximum atomic E-state index is 6.05. The van der Waals surface area contributed by atoms with Crippen LogP contribution in [0.3, 0.4) is 0 Å². The maximum absolute atomic E-state index is 6.05. The molecule has 0 aromatic heterocycles. The fraction of sp³-hybridized carbons (Fsp3) is 0.278. The second kappa shape index (κ2) is 8.02. The van der Waals surface area contributed by atoms with Gasteiger partial charge in [-0.2, -0.15) is 0 Å². The number of aryl methyl sites for hydroxylation is 2. The Balaban J connectivity index is 2.25. The molecule has 0 atom stereocenters. The van der Waals surface area contributed by atoms with E-state index in [0.717, 1.165) is 43.5 Å². The van der Waals surface area contributed by atoms with Gasteiger partial charge in [-0.3, -0.25) is 0 Å². The van der Waals surface area contributed by atoms with Gasteiger partial charge in [0.15, 0.2) is 0 Å². The van der Waals surface area contributed by atoms with Gasteiger partial charge in [-0.25, -0.2) is 4.99 Å². The molecule has 0 N–H and O–H groups in total. The number of hydrogen-bond donors (Lipinski definition) is 0. The van der Waals surface area contributed by atoms with Crippen molar-refractivity contribution in [2.24, 2.45) is 4.99 Å². The van der Waals surface area contributed by atoms with Crippen LogP contribution in [0.1, 0.15) is 18.1 Å². The summed E-state index contributed by atoms with van der Waals surface area (Å²) in [6.45, 7) is 7.08. The minimum Gasteiger partial charge on any atom is -0.457 e. The summed E-state index contributed by atoms with van der Waals surface area (Å²) < 4.78 is 6.97. The summed E-state index contributed by atoms with van der Waals surface area (Å²) in [6.07, 6.45) is 1.85. The molecule has 0 heterocycles. The lowest BCUT2D eigenvalue weighted by atomic mass is 10.1. The first-order valence-electron chi connectivity index (χ1n) is 7.39. The van der Waals surface area contributed by atoms with E-state index in [1.807, 2.05) is 62.5 Å². The summed E-state index contributed by atoms with van der Waals surface area (Å²) in [6, 6.07) is 9.72. The molecule has 0 bridgehead atoms. The van der Waals surface area contributed by atoms with Crippen LogP contribution in [0.4, 0.5) is 5.69 Å². The van der Waals surface area contributed by atoms with Crippen LogP contribution in [-0.4, -0.2) is 24.8 Å². The highest BCUT2D eigenvalue weighted by molar-refractivity contribution is 14.1. The molecule has 0 amide bonds. The largest absolute Gasteiger partial charge is 0.457 e. The molecule has 0 radical (unpaired) electrons. The molecular formula is C18H20ClIN2O. The number of rotatable bonds is 5. The third-order valence-electron chi connectivity index (χ3n) is 3.51. The summed E-state index contributed by atoms with van der Waals surface area (Å²) in [4.78, 5) is 6.57. The molecule has 122 valence electrons. The standard InChI is InChI=1S/C18H20ClIN2O/c1-5-22(4)11-21-17-8-13(3)18(9-12(17)2)23-14-6-7-15(19)16(20)10-14/h6-11H,5H2,1-4H3. The van der Waals surface area contributed by atoms with Gasteiger partial charge in [-0.1, -0.05) is 11.6 Å². The third kappa shape index (κ3) is 4.85. The van der Waals surface area contributed by atoms with Crippen LogP contribution in [0.15, 0.2) is 35.3 Å². The Bertz CT molecular complexity index is 731. The first-order valence-corrected chi connectivity index (χ1v) is 8.85. The normalized spacial score (nSPS) is 11.0. The number of halogens is 2. The Morgan fingerprint density at radius 1 is 1.22 bits per heavy atom. The summed E-state index contributed by atoms with van der Waals surface area (Å²) in [7, 11) is 2.01. The van der Waals surface area contributed by atoms with Crippen molar-refractivity contribution in [2.75, 3.05) is 13.6 Å². The van der Waals surface area contributed by atoms with Gasteiger partial charge >= 0.3 is 0 Å². The van der Waals surface area contributed by atoms with E-state index in [0.29, 0.717) is 0 Å². The van der Waals surface area contributed by atoms with E-state index in [1.165, 1.54) is 0 Å². The Morgan fingerprint density at radius 2 is 1.96 bits per heavy atom. The van der Waals surface area contributed by atoms with E-state index < -0.39 is 0 Å². The van der Waals surface area contributed by atoms with Gasteiger partial charge in [-0.15, -0.1) is 0 Å². The predicted molar refractivity (Wildman–Crippen MR) is 107 cm³/mol. The van der Waals surface area contributed by atoms with Crippen molar-refractivity contribution in [1.29, 1.82) is 0 Å². The minimum atomic E-state index is 0.732. The lowest BCUT2D eigenvalue weighted by Gasteiger charge is -2.13. The van der Waals surface area contributed by atoms with E-state index in [4.69, 9.17) is 16.3 Å². The van der Waals surface area contributed by atoms with Crippen LogP contribution in [0.5, 0.6) is 11.5 Å². The second-order valence-electron chi connectivity index (χ2n) is 5.40. The average molecular weight is 443 g/mol. The lowest BCUT2D eigenvalue weighted by Crippen LogP contribution is -2.14. The zero-order valence-electron chi connectivity index (χ0n) is 13.7. The van der Waals surface area contributed by atoms with Crippen LogP contribution in [0, 0.1) is 17.4 Å². The van der Waals surface area contributed by atoms with Gasteiger partial charge in [0, 0.05) is 17.2 Å². The van der Waals surface area contributed by atoms with E-state index in [-0.39, 0.29) is 0 Å². The van der Waals surface area contributed by atoms with Gasteiger partial charge in [0.2, 0.25) is 0 Å². The van der Waals surface area contributed by atoms with E-state index in [9.17, 15) is 0 Å². The van der Waals surface area contributed by atoms with Gasteiger partial charge < -0.3 is 9.64 Å². The van der Waals surface area contributed by atoms with E-state index in [2.05, 4.69) is 34.5 Å². The van der Waals surface area contributed by atoms with Crippen LogP contribution in [0.25, 0.3) is 0 Å². The topological polar surface area (TPSA) is 24.8 Å². The molecule has 0 saturated heterocycles. The number of benzene rings is 2. The molecule has 2 aromatic rings. The number of nitrogens with zero attached hydrogens (tertiary/aromatic N) is 2. The molecule has 0 unspecified atom stereocenters. The summed E-state index contributed by atoms with van der Waals surface area (Å²) in [5, 5.41) is 0.732. The van der Waals surface area contributed by atoms with Crippen molar-refractivity contribution in [3.8, 4) is 11.5 Å². The van der Waals surface area contributed by atoms with Crippen LogP contribution < -0.4 is 4.74 Å². The van der Waals surface area contributed by atoms with Crippen molar-refractivity contribution >= 4 is 46.2 Å². The zero-order chi connectivity index (χ0) is 17.0. The molecule has 0 fully saturated rings. The van der Waals surface area contributed by atoms with Crippen molar-refractivity contribution in [3.05, 3.63) is 50.1 Å². The SMILES string of the molecule is CCN(C)C=Nc1cc(C)c(Oc2ccc(Cl)c(I)c2)cc1C. The van der Waals surface area contributed by atoms with Crippen molar-refractivity contribution in [1.82, 2.24) is 4.90 Å². The maximum Gasteiger partial charge on any atom is 0.130 e. The molecule has 0 aliphatic carbocycles. The van der Waals surface area contributed by atoms with Gasteiger partial charge in [-0.05, 0) is 84.8 Å². The first kappa shape index (κ1) is 18.1. The summed E-state index contributed by atoms with van der Waals surface area (Å²) in [5.41, 5.74) is 3.09. The van der Waals surface area contributed by atoms with Gasteiger partial charge in [0.25, 0.3) is 0 Å². The Labute approximate surface area is 156 Å². The Kier molecular flexibility index (Phi) is 6.30. The Hall–Kier alpha value is -1.27.